The number of hydrogen-bond donors (Lipinski definition) is 2. The topological polar surface area (TPSA) is 44.1 Å². The molecule has 4 fully saturated rings. The molecule has 0 radical (unpaired) electrons. The molecule has 4 saturated carbocycles. The number of nitrogens with one attached hydrogen (secondary N) is 1. The van der Waals surface area contributed by atoms with Gasteiger partial charge in [-0.25, -0.2) is 0 Å². The summed E-state index contributed by atoms with van der Waals surface area (Å²) >= 11 is 0. The van der Waals surface area contributed by atoms with Crippen LogP contribution in [0.3, 0.4) is 0 Å². The molecule has 8 atom stereocenters. The van der Waals surface area contributed by atoms with Crippen LogP contribution in [0.4, 0.5) is 0 Å². The van der Waals surface area contributed by atoms with Crippen molar-refractivity contribution in [2.75, 3.05) is 0 Å². The number of aliphatic hydroxyl groups is 1. The van der Waals surface area contributed by atoms with Gasteiger partial charge < -0.3 is 10.5 Å². The zero-order valence-corrected chi connectivity index (χ0v) is 14.4. The van der Waals surface area contributed by atoms with Crippen LogP contribution in [0.15, 0.2) is 0 Å². The van der Waals surface area contributed by atoms with Crippen molar-refractivity contribution < 1.29 is 5.11 Å². The van der Waals surface area contributed by atoms with E-state index in [1.54, 1.807) is 6.21 Å². The predicted molar refractivity (Wildman–Crippen MR) is 90.0 cm³/mol. The summed E-state index contributed by atoms with van der Waals surface area (Å²) in [5, 5.41) is 18.2. The van der Waals surface area contributed by atoms with E-state index in [1.165, 1.54) is 51.4 Å². The Balaban J connectivity index is 1.60. The fourth-order valence-electron chi connectivity index (χ4n) is 7.42. The quantitative estimate of drug-likeness (QED) is 0.680. The third kappa shape index (κ3) is 1.92. The molecule has 4 aliphatic rings. The molecule has 0 aromatic heterocycles. The summed E-state index contributed by atoms with van der Waals surface area (Å²) in [5.74, 6) is 3.94. The van der Waals surface area contributed by atoms with Gasteiger partial charge in [-0.15, -0.1) is 0 Å². The second-order valence-corrected chi connectivity index (χ2v) is 9.50. The number of hydrogen-bond acceptors (Lipinski definition) is 2. The number of rotatable bonds is 1. The zero-order chi connectivity index (χ0) is 15.5. The summed E-state index contributed by atoms with van der Waals surface area (Å²) in [6.07, 6.45) is 13.2. The van der Waals surface area contributed by atoms with E-state index < -0.39 is 0 Å². The Morgan fingerprint density at radius 1 is 0.909 bits per heavy atom. The third-order valence-electron chi connectivity index (χ3n) is 8.89. The van der Waals surface area contributed by atoms with Crippen molar-refractivity contribution in [3.8, 4) is 0 Å². The molecule has 4 unspecified atom stereocenters. The standard InChI is InChI=1S/C20H33NO/c1-19-9-7-13(12-21)11-14(19)3-4-15-16-5-6-18(22)20(16,2)10-8-17(15)19/h12-18,21-22H,3-11H2,1-2H3/t13-,14?,15?,16?,17?,18-,19-,20-/m0/s1. The maximum Gasteiger partial charge on any atom is 0.0596 e. The van der Waals surface area contributed by atoms with E-state index in [2.05, 4.69) is 13.8 Å². The van der Waals surface area contributed by atoms with Crippen molar-refractivity contribution >= 4 is 6.21 Å². The molecule has 4 rings (SSSR count). The van der Waals surface area contributed by atoms with Crippen molar-refractivity contribution in [1.82, 2.24) is 0 Å². The van der Waals surface area contributed by atoms with E-state index in [-0.39, 0.29) is 11.5 Å². The zero-order valence-electron chi connectivity index (χ0n) is 14.4. The highest BCUT2D eigenvalue weighted by atomic mass is 16.3. The fraction of sp³-hybridized carbons (Fsp3) is 0.950. The molecule has 124 valence electrons. The third-order valence-corrected chi connectivity index (χ3v) is 8.89. The first-order valence-electron chi connectivity index (χ1n) is 9.67. The van der Waals surface area contributed by atoms with E-state index in [1.807, 2.05) is 0 Å². The van der Waals surface area contributed by atoms with Gasteiger partial charge in [0.05, 0.1) is 6.10 Å². The Bertz CT molecular complexity index is 463. The highest BCUT2D eigenvalue weighted by Crippen LogP contribution is 2.66. The molecule has 2 nitrogen and oxygen atoms in total. The van der Waals surface area contributed by atoms with Crippen molar-refractivity contribution in [1.29, 1.82) is 5.41 Å². The highest BCUT2D eigenvalue weighted by molar-refractivity contribution is 5.57. The van der Waals surface area contributed by atoms with Crippen LogP contribution in [-0.2, 0) is 0 Å². The lowest BCUT2D eigenvalue weighted by molar-refractivity contribution is -0.123. The van der Waals surface area contributed by atoms with E-state index in [9.17, 15) is 5.11 Å². The monoisotopic (exact) mass is 303 g/mol. The highest BCUT2D eigenvalue weighted by Gasteiger charge is 2.59. The Hall–Kier alpha value is -0.370. The predicted octanol–water partition coefficient (Wildman–Crippen LogP) is 4.66. The molecular formula is C20H33NO. The molecule has 0 aromatic rings. The average Bonchev–Trinajstić information content (AvgIpc) is 2.82. The lowest BCUT2D eigenvalue weighted by Crippen LogP contribution is -2.54. The van der Waals surface area contributed by atoms with Crippen LogP contribution in [0.5, 0.6) is 0 Å². The van der Waals surface area contributed by atoms with Gasteiger partial charge in [0.1, 0.15) is 0 Å². The minimum Gasteiger partial charge on any atom is -0.393 e. The average molecular weight is 303 g/mol. The van der Waals surface area contributed by atoms with E-state index >= 15 is 0 Å². The normalized spacial score (nSPS) is 57.6. The Kier molecular flexibility index (Phi) is 3.49. The summed E-state index contributed by atoms with van der Waals surface area (Å²) in [6, 6.07) is 0. The molecule has 22 heavy (non-hydrogen) atoms. The van der Waals surface area contributed by atoms with Crippen LogP contribution in [0.25, 0.3) is 0 Å². The molecule has 0 aliphatic heterocycles. The molecule has 2 N–H and O–H groups in total. The van der Waals surface area contributed by atoms with Gasteiger partial charge in [-0.1, -0.05) is 13.8 Å². The van der Waals surface area contributed by atoms with Crippen LogP contribution in [-0.4, -0.2) is 17.4 Å². The van der Waals surface area contributed by atoms with Gasteiger partial charge >= 0.3 is 0 Å². The Labute approximate surface area is 135 Å². The lowest BCUT2D eigenvalue weighted by atomic mass is 9.44. The summed E-state index contributed by atoms with van der Waals surface area (Å²) in [5.41, 5.74) is 0.744. The summed E-state index contributed by atoms with van der Waals surface area (Å²) in [6.45, 7) is 4.97. The van der Waals surface area contributed by atoms with Crippen LogP contribution < -0.4 is 0 Å². The maximum absolute atomic E-state index is 10.5. The Morgan fingerprint density at radius 2 is 1.64 bits per heavy atom. The molecule has 0 saturated heterocycles. The van der Waals surface area contributed by atoms with Crippen LogP contribution >= 0.6 is 0 Å². The first-order valence-corrected chi connectivity index (χ1v) is 9.67. The minimum atomic E-state index is -0.0439. The fourth-order valence-corrected chi connectivity index (χ4v) is 7.42. The van der Waals surface area contributed by atoms with Gasteiger partial charge in [0.15, 0.2) is 0 Å². The van der Waals surface area contributed by atoms with Gasteiger partial charge in [-0.05, 0) is 104 Å². The minimum absolute atomic E-state index is 0.0439. The summed E-state index contributed by atoms with van der Waals surface area (Å²) < 4.78 is 0. The van der Waals surface area contributed by atoms with E-state index in [4.69, 9.17) is 5.41 Å². The van der Waals surface area contributed by atoms with Gasteiger partial charge in [0.2, 0.25) is 0 Å². The van der Waals surface area contributed by atoms with Crippen molar-refractivity contribution in [2.45, 2.75) is 77.7 Å². The summed E-state index contributed by atoms with van der Waals surface area (Å²) in [7, 11) is 0. The molecule has 0 aromatic carbocycles. The largest absolute Gasteiger partial charge is 0.393 e. The number of aliphatic hydroxyl groups excluding tert-OH is 1. The molecule has 4 aliphatic carbocycles. The Morgan fingerprint density at radius 3 is 2.41 bits per heavy atom. The van der Waals surface area contributed by atoms with Crippen molar-refractivity contribution in [3.05, 3.63) is 0 Å². The first-order chi connectivity index (χ1) is 10.5. The molecule has 0 heterocycles. The van der Waals surface area contributed by atoms with Gasteiger partial charge in [0, 0.05) is 0 Å². The van der Waals surface area contributed by atoms with Gasteiger partial charge in [0.25, 0.3) is 0 Å². The molecule has 2 heteroatoms. The SMILES string of the molecule is C[C@]12CC[C@H](C=N)CC1CCC1C2CC[C@@]2(C)C1CC[C@@H]2O. The van der Waals surface area contributed by atoms with Crippen molar-refractivity contribution in [2.24, 2.45) is 40.4 Å². The molecule has 0 spiro atoms. The van der Waals surface area contributed by atoms with E-state index in [0.717, 1.165) is 30.1 Å². The smallest absolute Gasteiger partial charge is 0.0596 e. The summed E-state index contributed by atoms with van der Waals surface area (Å²) in [4.78, 5) is 0. The van der Waals surface area contributed by atoms with Crippen molar-refractivity contribution in [3.63, 3.8) is 0 Å². The molecule has 0 amide bonds. The second-order valence-electron chi connectivity index (χ2n) is 9.50. The van der Waals surface area contributed by atoms with Crippen LogP contribution in [0.2, 0.25) is 0 Å². The van der Waals surface area contributed by atoms with E-state index in [0.29, 0.717) is 11.3 Å². The molecule has 0 bridgehead atoms. The maximum atomic E-state index is 10.5. The molecular weight excluding hydrogens is 270 g/mol. The van der Waals surface area contributed by atoms with Gasteiger partial charge in [-0.2, -0.15) is 0 Å². The van der Waals surface area contributed by atoms with Crippen LogP contribution in [0.1, 0.15) is 71.6 Å². The number of fused-ring (bicyclic) bond motifs is 5. The first kappa shape index (κ1) is 15.2. The lowest BCUT2D eigenvalue weighted by Gasteiger charge is -2.60. The second kappa shape index (κ2) is 5.06. The van der Waals surface area contributed by atoms with Crippen LogP contribution in [0, 0.1) is 45.8 Å². The van der Waals surface area contributed by atoms with Gasteiger partial charge in [-0.3, -0.25) is 0 Å².